The van der Waals surface area contributed by atoms with Crippen molar-refractivity contribution in [3.8, 4) is 0 Å². The predicted molar refractivity (Wildman–Crippen MR) is 103 cm³/mol. The molecule has 1 aromatic carbocycles. The Labute approximate surface area is 172 Å². The summed E-state index contributed by atoms with van der Waals surface area (Å²) in [6.45, 7) is 1.92. The van der Waals surface area contributed by atoms with E-state index >= 15 is 0 Å². The number of nitrogens with zero attached hydrogens (tertiary/aromatic N) is 1. The highest BCUT2D eigenvalue weighted by molar-refractivity contribution is 6.23. The number of piperidine rings is 2. The van der Waals surface area contributed by atoms with Gasteiger partial charge in [-0.1, -0.05) is 0 Å². The third kappa shape index (κ3) is 3.46. The van der Waals surface area contributed by atoms with E-state index in [1.165, 1.54) is 6.07 Å². The van der Waals surface area contributed by atoms with Crippen molar-refractivity contribution in [1.29, 1.82) is 0 Å². The molecule has 2 saturated heterocycles. The molecule has 3 heterocycles. The van der Waals surface area contributed by atoms with Gasteiger partial charge in [-0.15, -0.1) is 0 Å². The first-order valence-electron chi connectivity index (χ1n) is 9.90. The summed E-state index contributed by atoms with van der Waals surface area (Å²) in [5.74, 6) is -3.22. The van der Waals surface area contributed by atoms with Crippen molar-refractivity contribution >= 4 is 29.3 Å². The van der Waals surface area contributed by atoms with Gasteiger partial charge in [-0.25, -0.2) is 4.39 Å². The number of hydrogen-bond acceptors (Lipinski definition) is 7. The summed E-state index contributed by atoms with van der Waals surface area (Å²) in [6.07, 6.45) is 1.58. The topological polar surface area (TPSA) is 117 Å². The van der Waals surface area contributed by atoms with Gasteiger partial charge in [-0.3, -0.25) is 29.4 Å². The number of nitrogens with one attached hydrogen (secondary N) is 3. The molecule has 0 bridgehead atoms. The number of rotatable bonds is 5. The number of hydrogen-bond donors (Lipinski definition) is 3. The number of benzene rings is 1. The lowest BCUT2D eigenvalue weighted by Crippen LogP contribution is -2.54. The minimum absolute atomic E-state index is 0.0267. The average Bonchev–Trinajstić information content (AvgIpc) is 2.97. The number of anilines is 1. The van der Waals surface area contributed by atoms with Crippen molar-refractivity contribution < 1.29 is 28.3 Å². The van der Waals surface area contributed by atoms with E-state index in [4.69, 9.17) is 4.74 Å². The summed E-state index contributed by atoms with van der Waals surface area (Å²) >= 11 is 0. The molecule has 3 aliphatic heterocycles. The maximum Gasteiger partial charge on any atom is 0.262 e. The average molecular weight is 418 g/mol. The van der Waals surface area contributed by atoms with E-state index in [1.54, 1.807) is 7.11 Å². The Hall–Kier alpha value is -2.85. The normalized spacial score (nSPS) is 23.4. The number of imide groups is 2. The second-order valence-corrected chi connectivity index (χ2v) is 7.82. The molecule has 2 fully saturated rings. The second-order valence-electron chi connectivity index (χ2n) is 7.82. The van der Waals surface area contributed by atoms with Gasteiger partial charge < -0.3 is 15.4 Å². The summed E-state index contributed by atoms with van der Waals surface area (Å²) < 4.78 is 20.4. The van der Waals surface area contributed by atoms with Crippen LogP contribution < -0.4 is 16.0 Å². The van der Waals surface area contributed by atoms with Crippen LogP contribution in [0.1, 0.15) is 46.4 Å². The fourth-order valence-corrected chi connectivity index (χ4v) is 4.22. The molecular weight excluding hydrogens is 395 g/mol. The summed E-state index contributed by atoms with van der Waals surface area (Å²) in [5, 5.41) is 8.40. The van der Waals surface area contributed by atoms with Gasteiger partial charge in [0.2, 0.25) is 11.8 Å². The molecule has 30 heavy (non-hydrogen) atoms. The zero-order valence-corrected chi connectivity index (χ0v) is 16.5. The van der Waals surface area contributed by atoms with Crippen LogP contribution in [0, 0.1) is 5.82 Å². The minimum Gasteiger partial charge on any atom is -0.380 e. The van der Waals surface area contributed by atoms with Gasteiger partial charge in [-0.05, 0) is 44.5 Å². The van der Waals surface area contributed by atoms with Crippen LogP contribution in [-0.2, 0) is 14.3 Å². The lowest BCUT2D eigenvalue weighted by molar-refractivity contribution is -0.136. The Balaban J connectivity index is 1.56. The fourth-order valence-electron chi connectivity index (χ4n) is 4.22. The van der Waals surface area contributed by atoms with Gasteiger partial charge >= 0.3 is 0 Å². The van der Waals surface area contributed by atoms with E-state index in [-0.39, 0.29) is 29.7 Å². The van der Waals surface area contributed by atoms with Crippen molar-refractivity contribution in [3.05, 3.63) is 29.1 Å². The first kappa shape index (κ1) is 20.4. The molecular formula is C20H23FN4O5. The van der Waals surface area contributed by atoms with Gasteiger partial charge in [0.25, 0.3) is 11.8 Å². The van der Waals surface area contributed by atoms with Crippen molar-refractivity contribution in [2.45, 2.75) is 37.3 Å². The number of methoxy groups -OCH3 is 1. The van der Waals surface area contributed by atoms with E-state index in [1.807, 2.05) is 0 Å². The van der Waals surface area contributed by atoms with Crippen LogP contribution in [0.25, 0.3) is 0 Å². The Morgan fingerprint density at radius 2 is 1.83 bits per heavy atom. The molecule has 4 rings (SSSR count). The largest absolute Gasteiger partial charge is 0.380 e. The fraction of sp³-hybridized carbons (Fsp3) is 0.500. The standard InChI is InChI=1S/C20H23FN4O5/c1-30-20(4-6-22-7-5-20)10-23-14-9-12-11(8-13(14)21)18(28)25(19(12)29)15-2-3-16(26)24-17(15)27/h8-9,15,22-23H,2-7,10H2,1H3,(H,24,26,27). The number of halogens is 1. The van der Waals surface area contributed by atoms with Crippen LogP contribution in [-0.4, -0.2) is 66.9 Å². The van der Waals surface area contributed by atoms with Gasteiger partial charge in [0.1, 0.15) is 11.9 Å². The number of fused-ring (bicyclic) bond motifs is 1. The maximum atomic E-state index is 14.7. The zero-order chi connectivity index (χ0) is 21.5. The van der Waals surface area contributed by atoms with Crippen LogP contribution in [0.5, 0.6) is 0 Å². The van der Waals surface area contributed by atoms with Crippen LogP contribution in [0.4, 0.5) is 10.1 Å². The summed E-state index contributed by atoms with van der Waals surface area (Å²) in [5.41, 5.74) is -0.411. The quantitative estimate of drug-likeness (QED) is 0.593. The molecule has 4 amide bonds. The van der Waals surface area contributed by atoms with Crippen LogP contribution >= 0.6 is 0 Å². The highest BCUT2D eigenvalue weighted by Gasteiger charge is 2.45. The number of amides is 4. The Kier molecular flexibility index (Phi) is 5.29. The first-order valence-corrected chi connectivity index (χ1v) is 9.90. The van der Waals surface area contributed by atoms with Gasteiger partial charge in [-0.2, -0.15) is 0 Å². The minimum atomic E-state index is -1.08. The van der Waals surface area contributed by atoms with Gasteiger partial charge in [0.05, 0.1) is 22.4 Å². The lowest BCUT2D eigenvalue weighted by Gasteiger charge is -2.36. The van der Waals surface area contributed by atoms with Crippen molar-refractivity contribution in [2.24, 2.45) is 0 Å². The molecule has 1 aromatic rings. The van der Waals surface area contributed by atoms with Crippen LogP contribution in [0.3, 0.4) is 0 Å². The summed E-state index contributed by atoms with van der Waals surface area (Å²) in [7, 11) is 1.62. The van der Waals surface area contributed by atoms with Gasteiger partial charge in [0.15, 0.2) is 0 Å². The molecule has 0 spiro atoms. The molecule has 9 nitrogen and oxygen atoms in total. The Bertz CT molecular complexity index is 928. The molecule has 0 aliphatic carbocycles. The molecule has 160 valence electrons. The van der Waals surface area contributed by atoms with E-state index in [0.29, 0.717) is 6.54 Å². The smallest absolute Gasteiger partial charge is 0.262 e. The molecule has 1 atom stereocenters. The van der Waals surface area contributed by atoms with Gasteiger partial charge in [0, 0.05) is 20.1 Å². The van der Waals surface area contributed by atoms with E-state index in [0.717, 1.165) is 36.9 Å². The lowest BCUT2D eigenvalue weighted by atomic mass is 9.92. The molecule has 0 saturated carbocycles. The molecule has 1 unspecified atom stereocenters. The van der Waals surface area contributed by atoms with Crippen molar-refractivity contribution in [2.75, 3.05) is 32.1 Å². The Morgan fingerprint density at radius 1 is 1.17 bits per heavy atom. The summed E-state index contributed by atoms with van der Waals surface area (Å²) in [6, 6.07) is 1.24. The highest BCUT2D eigenvalue weighted by atomic mass is 19.1. The molecule has 3 aliphatic rings. The number of carbonyl (C=O) groups excluding carboxylic acids is 4. The molecule has 3 N–H and O–H groups in total. The van der Waals surface area contributed by atoms with E-state index in [9.17, 15) is 23.6 Å². The van der Waals surface area contributed by atoms with E-state index < -0.39 is 41.1 Å². The number of ether oxygens (including phenoxy) is 1. The van der Waals surface area contributed by atoms with Crippen molar-refractivity contribution in [3.63, 3.8) is 0 Å². The van der Waals surface area contributed by atoms with E-state index in [2.05, 4.69) is 16.0 Å². The van der Waals surface area contributed by atoms with Crippen molar-refractivity contribution in [1.82, 2.24) is 15.5 Å². The predicted octanol–water partition coefficient (Wildman–Crippen LogP) is 0.407. The van der Waals surface area contributed by atoms with Crippen LogP contribution in [0.2, 0.25) is 0 Å². The second kappa shape index (κ2) is 7.77. The molecule has 0 aromatic heterocycles. The third-order valence-electron chi connectivity index (χ3n) is 6.08. The highest BCUT2D eigenvalue weighted by Crippen LogP contribution is 2.32. The number of carbonyl (C=O) groups is 4. The zero-order valence-electron chi connectivity index (χ0n) is 16.5. The Morgan fingerprint density at radius 3 is 2.47 bits per heavy atom. The maximum absolute atomic E-state index is 14.7. The third-order valence-corrected chi connectivity index (χ3v) is 6.08. The monoisotopic (exact) mass is 418 g/mol. The molecule has 10 heteroatoms. The van der Waals surface area contributed by atoms with Crippen LogP contribution in [0.15, 0.2) is 12.1 Å². The summed E-state index contributed by atoms with van der Waals surface area (Å²) in [4.78, 5) is 49.9. The first-order chi connectivity index (χ1) is 14.3. The molecule has 0 radical (unpaired) electrons. The SMILES string of the molecule is COC1(CNc2cc3c(cc2F)C(=O)N(C2CCC(=O)NC2=O)C3=O)CCNCC1.